The molecule has 6 heteroatoms. The molecule has 6 nitrogen and oxygen atoms in total. The molecule has 1 amide bonds. The van der Waals surface area contributed by atoms with Crippen molar-refractivity contribution in [2.24, 2.45) is 0 Å². The molecule has 0 aliphatic heterocycles. The molecule has 0 saturated carbocycles. The van der Waals surface area contributed by atoms with Crippen molar-refractivity contribution in [1.29, 1.82) is 0 Å². The van der Waals surface area contributed by atoms with Crippen molar-refractivity contribution in [3.8, 4) is 5.75 Å². The van der Waals surface area contributed by atoms with Gasteiger partial charge in [0.25, 0.3) is 0 Å². The second-order valence-electron chi connectivity index (χ2n) is 4.28. The fourth-order valence-corrected chi connectivity index (χ4v) is 1.87. The number of methoxy groups -OCH3 is 1. The molecule has 2 rings (SSSR count). The number of hydrogen-bond acceptors (Lipinski definition) is 4. The van der Waals surface area contributed by atoms with Gasteiger partial charge in [0.15, 0.2) is 0 Å². The molecule has 0 atom stereocenters. The van der Waals surface area contributed by atoms with Gasteiger partial charge in [0, 0.05) is 24.1 Å². The predicted molar refractivity (Wildman–Crippen MR) is 76.6 cm³/mol. The number of amides is 1. The number of nitrogens with zero attached hydrogens (tertiary/aromatic N) is 2. The van der Waals surface area contributed by atoms with Crippen molar-refractivity contribution in [3.63, 3.8) is 0 Å². The van der Waals surface area contributed by atoms with Crippen LogP contribution in [0.1, 0.15) is 5.82 Å². The highest BCUT2D eigenvalue weighted by molar-refractivity contribution is 5.90. The van der Waals surface area contributed by atoms with Crippen LogP contribution < -0.4 is 15.4 Å². The molecule has 0 aliphatic carbocycles. The van der Waals surface area contributed by atoms with E-state index in [1.807, 2.05) is 29.8 Å². The van der Waals surface area contributed by atoms with Crippen molar-refractivity contribution in [3.05, 3.63) is 42.5 Å². The van der Waals surface area contributed by atoms with Crippen LogP contribution in [0.2, 0.25) is 0 Å². The van der Waals surface area contributed by atoms with Gasteiger partial charge in [-0.25, -0.2) is 4.98 Å². The van der Waals surface area contributed by atoms with Crippen molar-refractivity contribution < 1.29 is 9.53 Å². The fourth-order valence-electron chi connectivity index (χ4n) is 1.87. The van der Waals surface area contributed by atoms with Crippen LogP contribution in [-0.2, 0) is 17.9 Å². The summed E-state index contributed by atoms with van der Waals surface area (Å²) < 4.78 is 6.93. The summed E-state index contributed by atoms with van der Waals surface area (Å²) in [5, 5.41) is 5.85. The number of anilines is 1. The number of aromatic nitrogens is 2. The average molecular weight is 274 g/mol. The Hall–Kier alpha value is -2.34. The normalized spacial score (nSPS) is 10.3. The van der Waals surface area contributed by atoms with Gasteiger partial charge in [0.2, 0.25) is 5.91 Å². The number of carbonyl (C=O) groups excluding carboxylic acids is 1. The van der Waals surface area contributed by atoms with Crippen molar-refractivity contribution in [2.75, 3.05) is 19.5 Å². The molecule has 2 N–H and O–H groups in total. The Kier molecular flexibility index (Phi) is 4.73. The molecule has 106 valence electrons. The van der Waals surface area contributed by atoms with E-state index in [9.17, 15) is 4.79 Å². The Labute approximate surface area is 117 Å². The van der Waals surface area contributed by atoms with E-state index in [4.69, 9.17) is 4.74 Å². The third-order valence-corrected chi connectivity index (χ3v) is 2.80. The van der Waals surface area contributed by atoms with Gasteiger partial charge in [0.05, 0.1) is 13.7 Å². The summed E-state index contributed by atoms with van der Waals surface area (Å²) in [4.78, 5) is 16.2. The average Bonchev–Trinajstić information content (AvgIpc) is 2.86. The van der Waals surface area contributed by atoms with Crippen LogP contribution in [0.3, 0.4) is 0 Å². The van der Waals surface area contributed by atoms with E-state index in [0.29, 0.717) is 18.0 Å². The minimum Gasteiger partial charge on any atom is -0.497 e. The molecular weight excluding hydrogens is 256 g/mol. The molecule has 0 radical (unpaired) electrons. The minimum atomic E-state index is -0.103. The molecule has 0 spiro atoms. The molecule has 1 aromatic carbocycles. The highest BCUT2D eigenvalue weighted by Gasteiger charge is 2.07. The Morgan fingerprint density at radius 1 is 1.45 bits per heavy atom. The van der Waals surface area contributed by atoms with Crippen LogP contribution in [0.5, 0.6) is 5.75 Å². The molecule has 0 fully saturated rings. The van der Waals surface area contributed by atoms with E-state index >= 15 is 0 Å². The number of ether oxygens (including phenoxy) is 1. The number of rotatable bonds is 6. The topological polar surface area (TPSA) is 68.2 Å². The molecule has 0 bridgehead atoms. The number of imidazole rings is 1. The maximum absolute atomic E-state index is 12.0. The molecule has 0 unspecified atom stereocenters. The minimum absolute atomic E-state index is 0.103. The van der Waals surface area contributed by atoms with Gasteiger partial charge in [-0.15, -0.1) is 0 Å². The summed E-state index contributed by atoms with van der Waals surface area (Å²) in [6.07, 6.45) is 3.48. The van der Waals surface area contributed by atoms with E-state index in [0.717, 1.165) is 5.82 Å². The molecule has 2 aromatic rings. The summed E-state index contributed by atoms with van der Waals surface area (Å²) in [6.45, 7) is 0.855. The number of nitrogens with one attached hydrogen (secondary N) is 2. The quantitative estimate of drug-likeness (QED) is 0.832. The Morgan fingerprint density at radius 2 is 2.30 bits per heavy atom. The van der Waals surface area contributed by atoms with E-state index in [2.05, 4.69) is 15.6 Å². The molecule has 0 aliphatic rings. The first-order valence-corrected chi connectivity index (χ1v) is 6.31. The Balaban J connectivity index is 1.99. The zero-order valence-corrected chi connectivity index (χ0v) is 11.6. The lowest BCUT2D eigenvalue weighted by molar-refractivity contribution is -0.116. The molecule has 0 saturated heterocycles. The second-order valence-corrected chi connectivity index (χ2v) is 4.28. The van der Waals surface area contributed by atoms with Gasteiger partial charge >= 0.3 is 0 Å². The van der Waals surface area contributed by atoms with Crippen LogP contribution in [0.25, 0.3) is 0 Å². The van der Waals surface area contributed by atoms with Crippen molar-refractivity contribution >= 4 is 11.6 Å². The Morgan fingerprint density at radius 3 is 3.05 bits per heavy atom. The number of benzene rings is 1. The first kappa shape index (κ1) is 14.1. The first-order chi connectivity index (χ1) is 9.72. The van der Waals surface area contributed by atoms with Crippen LogP contribution in [0.15, 0.2) is 36.7 Å². The van der Waals surface area contributed by atoms with Gasteiger partial charge in [-0.05, 0) is 19.2 Å². The number of hydrogen-bond donors (Lipinski definition) is 2. The van der Waals surface area contributed by atoms with Gasteiger partial charge in [-0.2, -0.15) is 0 Å². The van der Waals surface area contributed by atoms with Crippen molar-refractivity contribution in [2.45, 2.75) is 13.1 Å². The summed E-state index contributed by atoms with van der Waals surface area (Å²) in [5.74, 6) is 1.43. The van der Waals surface area contributed by atoms with E-state index in [1.165, 1.54) is 0 Å². The maximum atomic E-state index is 12.0. The second kappa shape index (κ2) is 6.72. The maximum Gasteiger partial charge on any atom is 0.244 e. The summed E-state index contributed by atoms with van der Waals surface area (Å²) in [7, 11) is 3.44. The highest BCUT2D eigenvalue weighted by atomic mass is 16.5. The largest absolute Gasteiger partial charge is 0.497 e. The van der Waals surface area contributed by atoms with Crippen LogP contribution in [0.4, 0.5) is 5.69 Å². The number of carbonyl (C=O) groups is 1. The Bertz CT molecular complexity index is 580. The summed E-state index contributed by atoms with van der Waals surface area (Å²) in [6, 6.07) is 7.26. The van der Waals surface area contributed by atoms with Gasteiger partial charge < -0.3 is 19.9 Å². The lowest BCUT2D eigenvalue weighted by Gasteiger charge is -2.09. The predicted octanol–water partition coefficient (Wildman–Crippen LogP) is 1.25. The molecule has 1 heterocycles. The zero-order valence-electron chi connectivity index (χ0n) is 11.6. The fraction of sp³-hybridized carbons (Fsp3) is 0.286. The van der Waals surface area contributed by atoms with Crippen LogP contribution in [-0.4, -0.2) is 29.6 Å². The monoisotopic (exact) mass is 274 g/mol. The van der Waals surface area contributed by atoms with Gasteiger partial charge in [0.1, 0.15) is 18.1 Å². The standard InChI is InChI=1S/C14H18N4O2/c1-15-9-13-16-6-7-18(13)10-14(19)17-11-4-3-5-12(8-11)20-2/h3-8,15H,9-10H2,1-2H3,(H,17,19). The summed E-state index contributed by atoms with van der Waals surface area (Å²) in [5.41, 5.74) is 0.713. The lowest BCUT2D eigenvalue weighted by Crippen LogP contribution is -2.21. The van der Waals surface area contributed by atoms with Gasteiger partial charge in [-0.3, -0.25) is 4.79 Å². The third-order valence-electron chi connectivity index (χ3n) is 2.80. The van der Waals surface area contributed by atoms with E-state index < -0.39 is 0 Å². The summed E-state index contributed by atoms with van der Waals surface area (Å²) >= 11 is 0. The molecular formula is C14H18N4O2. The van der Waals surface area contributed by atoms with E-state index in [-0.39, 0.29) is 12.5 Å². The van der Waals surface area contributed by atoms with Crippen LogP contribution in [0, 0.1) is 0 Å². The molecule has 20 heavy (non-hydrogen) atoms. The first-order valence-electron chi connectivity index (χ1n) is 6.31. The van der Waals surface area contributed by atoms with Gasteiger partial charge in [-0.1, -0.05) is 6.07 Å². The smallest absolute Gasteiger partial charge is 0.244 e. The lowest BCUT2D eigenvalue weighted by atomic mass is 10.3. The van der Waals surface area contributed by atoms with Crippen molar-refractivity contribution in [1.82, 2.24) is 14.9 Å². The SMILES string of the molecule is CNCc1nccn1CC(=O)Nc1cccc(OC)c1. The van der Waals surface area contributed by atoms with E-state index in [1.54, 1.807) is 25.6 Å². The zero-order chi connectivity index (χ0) is 14.4. The van der Waals surface area contributed by atoms with Crippen LogP contribution >= 0.6 is 0 Å². The highest BCUT2D eigenvalue weighted by Crippen LogP contribution is 2.16. The third kappa shape index (κ3) is 3.58. The molecule has 1 aromatic heterocycles.